The second-order valence-corrected chi connectivity index (χ2v) is 4.63. The average molecular weight is 273 g/mol. The van der Waals surface area contributed by atoms with Crippen molar-refractivity contribution < 1.29 is 0 Å². The molecule has 1 aromatic carbocycles. The van der Waals surface area contributed by atoms with Crippen LogP contribution in [0.5, 0.6) is 0 Å². The molecule has 0 radical (unpaired) electrons. The molecule has 2 aromatic rings. The molecule has 19 heavy (non-hydrogen) atoms. The van der Waals surface area contributed by atoms with E-state index in [2.05, 4.69) is 11.1 Å². The first-order chi connectivity index (χ1) is 9.11. The summed E-state index contributed by atoms with van der Waals surface area (Å²) in [6, 6.07) is 11.2. The van der Waals surface area contributed by atoms with Gasteiger partial charge in [0, 0.05) is 24.8 Å². The number of nitriles is 1. The molecule has 0 unspecified atom stereocenters. The third-order valence-electron chi connectivity index (χ3n) is 2.76. The standard InChI is InChI=1S/C14H13ClN4/c1-19(9-10-3-2-4-12(15)7-10)14-13(17)11(8-16)5-6-18-14/h2-7H,9,17H2,1H3. The van der Waals surface area contributed by atoms with Crippen LogP contribution in [0.1, 0.15) is 11.1 Å². The third kappa shape index (κ3) is 2.95. The Morgan fingerprint density at radius 1 is 1.42 bits per heavy atom. The van der Waals surface area contributed by atoms with Gasteiger partial charge in [-0.15, -0.1) is 0 Å². The number of hydrogen-bond donors (Lipinski definition) is 1. The summed E-state index contributed by atoms with van der Waals surface area (Å²) in [4.78, 5) is 6.11. The number of nitrogens with two attached hydrogens (primary N) is 1. The molecular formula is C14H13ClN4. The minimum absolute atomic E-state index is 0.398. The molecule has 0 aliphatic rings. The zero-order valence-electron chi connectivity index (χ0n) is 10.5. The molecule has 0 saturated heterocycles. The molecule has 5 heteroatoms. The minimum Gasteiger partial charge on any atom is -0.395 e. The Kier molecular flexibility index (Phi) is 3.88. The number of nitrogens with zero attached hydrogens (tertiary/aromatic N) is 3. The summed E-state index contributed by atoms with van der Waals surface area (Å²) in [6.07, 6.45) is 1.58. The topological polar surface area (TPSA) is 65.9 Å². The number of nitrogen functional groups attached to an aromatic ring is 1. The molecule has 1 heterocycles. The highest BCUT2D eigenvalue weighted by molar-refractivity contribution is 6.30. The molecule has 0 atom stereocenters. The highest BCUT2D eigenvalue weighted by atomic mass is 35.5. The van der Waals surface area contributed by atoms with Crippen LogP contribution >= 0.6 is 11.6 Å². The SMILES string of the molecule is CN(Cc1cccc(Cl)c1)c1nccc(C#N)c1N. The van der Waals surface area contributed by atoms with Gasteiger partial charge in [-0.2, -0.15) is 5.26 Å². The number of rotatable bonds is 3. The molecule has 0 spiro atoms. The van der Waals surface area contributed by atoms with E-state index in [1.54, 1.807) is 12.3 Å². The lowest BCUT2D eigenvalue weighted by molar-refractivity contribution is 0.900. The fourth-order valence-electron chi connectivity index (χ4n) is 1.85. The van der Waals surface area contributed by atoms with Crippen molar-refractivity contribution in [3.8, 4) is 6.07 Å². The first kappa shape index (κ1) is 13.2. The monoisotopic (exact) mass is 272 g/mol. The second kappa shape index (κ2) is 5.59. The summed E-state index contributed by atoms with van der Waals surface area (Å²) in [5.74, 6) is 0.596. The fraction of sp³-hybridized carbons (Fsp3) is 0.143. The Morgan fingerprint density at radius 3 is 2.89 bits per heavy atom. The molecule has 1 aromatic heterocycles. The van der Waals surface area contributed by atoms with E-state index >= 15 is 0 Å². The van der Waals surface area contributed by atoms with E-state index in [1.165, 1.54) is 0 Å². The molecule has 0 aliphatic carbocycles. The molecule has 4 nitrogen and oxygen atoms in total. The second-order valence-electron chi connectivity index (χ2n) is 4.19. The van der Waals surface area contributed by atoms with Gasteiger partial charge in [-0.1, -0.05) is 23.7 Å². The maximum absolute atomic E-state index is 8.96. The number of hydrogen-bond acceptors (Lipinski definition) is 4. The first-order valence-corrected chi connectivity index (χ1v) is 6.10. The summed E-state index contributed by atoms with van der Waals surface area (Å²) >= 11 is 5.95. The van der Waals surface area contributed by atoms with Crippen LogP contribution in [0.15, 0.2) is 36.5 Å². The van der Waals surface area contributed by atoms with Crippen LogP contribution in [0.3, 0.4) is 0 Å². The molecule has 2 N–H and O–H groups in total. The van der Waals surface area contributed by atoms with Crippen molar-refractivity contribution in [3.63, 3.8) is 0 Å². The summed E-state index contributed by atoms with van der Waals surface area (Å²) in [7, 11) is 1.88. The van der Waals surface area contributed by atoms with Crippen molar-refractivity contribution >= 4 is 23.1 Å². The predicted octanol–water partition coefficient (Wildman–Crippen LogP) is 2.83. The van der Waals surface area contributed by atoms with Gasteiger partial charge in [0.1, 0.15) is 6.07 Å². The number of halogens is 1. The van der Waals surface area contributed by atoms with Gasteiger partial charge < -0.3 is 10.6 Å². The Hall–Kier alpha value is -2.25. The van der Waals surface area contributed by atoms with Crippen molar-refractivity contribution in [1.29, 1.82) is 5.26 Å². The minimum atomic E-state index is 0.398. The van der Waals surface area contributed by atoms with Crippen LogP contribution in [0, 0.1) is 11.3 Å². The lowest BCUT2D eigenvalue weighted by Crippen LogP contribution is -2.19. The number of pyridine rings is 1. The highest BCUT2D eigenvalue weighted by Gasteiger charge is 2.11. The van der Waals surface area contributed by atoms with Gasteiger partial charge in [-0.05, 0) is 23.8 Å². The van der Waals surface area contributed by atoms with Crippen molar-refractivity contribution in [2.24, 2.45) is 0 Å². The van der Waals surface area contributed by atoms with Crippen molar-refractivity contribution in [2.75, 3.05) is 17.7 Å². The maximum atomic E-state index is 8.96. The molecule has 0 fully saturated rings. The molecular weight excluding hydrogens is 260 g/mol. The van der Waals surface area contributed by atoms with Crippen molar-refractivity contribution in [1.82, 2.24) is 4.98 Å². The Morgan fingerprint density at radius 2 is 2.21 bits per heavy atom. The Labute approximate surface area is 117 Å². The van der Waals surface area contributed by atoms with E-state index in [0.717, 1.165) is 5.56 Å². The largest absolute Gasteiger partial charge is 0.395 e. The summed E-state index contributed by atoms with van der Waals surface area (Å²) < 4.78 is 0. The zero-order valence-corrected chi connectivity index (χ0v) is 11.2. The predicted molar refractivity (Wildman–Crippen MR) is 76.9 cm³/mol. The van der Waals surface area contributed by atoms with Gasteiger partial charge in [-0.3, -0.25) is 0 Å². The maximum Gasteiger partial charge on any atom is 0.153 e. The Balaban J connectivity index is 2.26. The number of aromatic nitrogens is 1. The van der Waals surface area contributed by atoms with Crippen molar-refractivity contribution in [3.05, 3.63) is 52.7 Å². The molecule has 96 valence electrons. The van der Waals surface area contributed by atoms with E-state index < -0.39 is 0 Å². The van der Waals surface area contributed by atoms with E-state index in [-0.39, 0.29) is 0 Å². The average Bonchev–Trinajstić information content (AvgIpc) is 2.39. The van der Waals surface area contributed by atoms with Crippen LogP contribution in [0.25, 0.3) is 0 Å². The highest BCUT2D eigenvalue weighted by Crippen LogP contribution is 2.24. The van der Waals surface area contributed by atoms with Gasteiger partial charge in [0.25, 0.3) is 0 Å². The zero-order chi connectivity index (χ0) is 13.8. The molecule has 2 rings (SSSR count). The van der Waals surface area contributed by atoms with Crippen LogP contribution in [0.2, 0.25) is 5.02 Å². The van der Waals surface area contributed by atoms with Gasteiger partial charge in [0.2, 0.25) is 0 Å². The third-order valence-corrected chi connectivity index (χ3v) is 2.99. The smallest absolute Gasteiger partial charge is 0.153 e. The molecule has 0 amide bonds. The van der Waals surface area contributed by atoms with Crippen molar-refractivity contribution in [2.45, 2.75) is 6.54 Å². The molecule has 0 saturated carbocycles. The van der Waals surface area contributed by atoms with Crippen LogP contribution in [0.4, 0.5) is 11.5 Å². The fourth-order valence-corrected chi connectivity index (χ4v) is 2.06. The summed E-state index contributed by atoms with van der Waals surface area (Å²) in [6.45, 7) is 0.618. The van der Waals surface area contributed by atoms with Crippen LogP contribution in [-0.2, 0) is 6.54 Å². The summed E-state index contributed by atoms with van der Waals surface area (Å²) in [5, 5.41) is 9.65. The van der Waals surface area contributed by atoms with Crippen LogP contribution in [-0.4, -0.2) is 12.0 Å². The van der Waals surface area contributed by atoms with E-state index in [9.17, 15) is 0 Å². The first-order valence-electron chi connectivity index (χ1n) is 5.72. The molecule has 0 bridgehead atoms. The summed E-state index contributed by atoms with van der Waals surface area (Å²) in [5.41, 5.74) is 7.81. The van der Waals surface area contributed by atoms with Crippen LogP contribution < -0.4 is 10.6 Å². The van der Waals surface area contributed by atoms with Gasteiger partial charge >= 0.3 is 0 Å². The number of anilines is 2. The normalized spacial score (nSPS) is 9.95. The number of benzene rings is 1. The molecule has 0 aliphatic heterocycles. The lowest BCUT2D eigenvalue weighted by atomic mass is 10.2. The van der Waals surface area contributed by atoms with E-state index in [4.69, 9.17) is 22.6 Å². The Bertz CT molecular complexity index is 634. The quantitative estimate of drug-likeness (QED) is 0.933. The van der Waals surface area contributed by atoms with Gasteiger partial charge in [0.05, 0.1) is 11.3 Å². The van der Waals surface area contributed by atoms with Gasteiger partial charge in [-0.25, -0.2) is 4.98 Å². The van der Waals surface area contributed by atoms with Gasteiger partial charge in [0.15, 0.2) is 5.82 Å². The lowest BCUT2D eigenvalue weighted by Gasteiger charge is -2.20. The van der Waals surface area contributed by atoms with E-state index in [0.29, 0.717) is 28.6 Å². The van der Waals surface area contributed by atoms with E-state index in [1.807, 2.05) is 36.2 Å².